The topological polar surface area (TPSA) is 49.7 Å². The maximum absolute atomic E-state index is 10.6. The number of fused-ring (bicyclic) bond motifs is 1. The Bertz CT molecular complexity index is 423. The standard InChI is InChI=1S/C15H24O3/c1-10-5-6-15(17)13(4,16)8-11-7-12(2,3)9-14(10,11)18-15/h8,10,16-17H,5-7,9H2,1-4H3/t10-,13-,14-,15+/m1/s1. The Kier molecular flexibility index (Phi) is 2.24. The van der Waals surface area contributed by atoms with Gasteiger partial charge >= 0.3 is 0 Å². The van der Waals surface area contributed by atoms with E-state index in [9.17, 15) is 10.2 Å². The van der Waals surface area contributed by atoms with Crippen molar-refractivity contribution in [2.45, 2.75) is 70.4 Å². The van der Waals surface area contributed by atoms with E-state index >= 15 is 0 Å². The van der Waals surface area contributed by atoms with Crippen LogP contribution in [0.4, 0.5) is 0 Å². The second-order valence-electron chi connectivity index (χ2n) is 7.55. The summed E-state index contributed by atoms with van der Waals surface area (Å²) in [5.74, 6) is -1.01. The van der Waals surface area contributed by atoms with Gasteiger partial charge in [0.15, 0.2) is 5.79 Å². The van der Waals surface area contributed by atoms with Crippen molar-refractivity contribution in [1.29, 1.82) is 0 Å². The Morgan fingerprint density at radius 3 is 2.61 bits per heavy atom. The Labute approximate surface area is 109 Å². The number of aliphatic hydroxyl groups is 2. The fraction of sp³-hybridized carbons (Fsp3) is 0.867. The minimum absolute atomic E-state index is 0.179. The molecule has 102 valence electrons. The summed E-state index contributed by atoms with van der Waals surface area (Å²) in [6, 6.07) is 0. The highest BCUT2D eigenvalue weighted by Gasteiger charge is 2.64. The van der Waals surface area contributed by atoms with Gasteiger partial charge in [0.05, 0.1) is 5.60 Å². The van der Waals surface area contributed by atoms with Crippen LogP contribution in [0.1, 0.15) is 53.4 Å². The molecule has 2 fully saturated rings. The van der Waals surface area contributed by atoms with Crippen molar-refractivity contribution in [2.24, 2.45) is 11.3 Å². The van der Waals surface area contributed by atoms with Gasteiger partial charge in [-0.1, -0.05) is 20.8 Å². The zero-order valence-corrected chi connectivity index (χ0v) is 11.8. The Hall–Kier alpha value is -0.380. The smallest absolute Gasteiger partial charge is 0.199 e. The molecule has 1 saturated carbocycles. The molecule has 18 heavy (non-hydrogen) atoms. The first-order valence-corrected chi connectivity index (χ1v) is 6.97. The van der Waals surface area contributed by atoms with Gasteiger partial charge < -0.3 is 14.9 Å². The van der Waals surface area contributed by atoms with E-state index in [0.29, 0.717) is 12.3 Å². The summed E-state index contributed by atoms with van der Waals surface area (Å²) >= 11 is 0. The quantitative estimate of drug-likeness (QED) is 0.651. The van der Waals surface area contributed by atoms with E-state index in [1.165, 1.54) is 5.57 Å². The molecule has 4 atom stereocenters. The third-order valence-electron chi connectivity index (χ3n) is 5.26. The molecule has 3 rings (SSSR count). The van der Waals surface area contributed by atoms with Crippen molar-refractivity contribution >= 4 is 0 Å². The van der Waals surface area contributed by atoms with Crippen LogP contribution in [0.3, 0.4) is 0 Å². The third-order valence-corrected chi connectivity index (χ3v) is 5.26. The van der Waals surface area contributed by atoms with Gasteiger partial charge in [-0.2, -0.15) is 0 Å². The van der Waals surface area contributed by atoms with Crippen molar-refractivity contribution < 1.29 is 14.9 Å². The summed E-state index contributed by atoms with van der Waals surface area (Å²) in [5.41, 5.74) is -0.251. The molecule has 1 saturated heterocycles. The first-order valence-electron chi connectivity index (χ1n) is 6.97. The van der Waals surface area contributed by atoms with Gasteiger partial charge in [0, 0.05) is 6.42 Å². The van der Waals surface area contributed by atoms with Crippen molar-refractivity contribution in [1.82, 2.24) is 0 Å². The SMILES string of the molecule is C[C@@H]1CC[C@]2(O)O[C@]13CC(C)(C)CC3=C[C@@]2(C)O. The normalized spacial score (nSPS) is 53.9. The summed E-state index contributed by atoms with van der Waals surface area (Å²) in [6.07, 6.45) is 5.17. The van der Waals surface area contributed by atoms with Gasteiger partial charge in [0.25, 0.3) is 0 Å². The molecule has 2 aliphatic heterocycles. The molecule has 0 aromatic rings. The Balaban J connectivity index is 2.15. The third kappa shape index (κ3) is 1.41. The molecule has 0 radical (unpaired) electrons. The predicted molar refractivity (Wildman–Crippen MR) is 68.9 cm³/mol. The molecule has 0 aromatic heterocycles. The number of hydrogen-bond acceptors (Lipinski definition) is 3. The van der Waals surface area contributed by atoms with E-state index in [4.69, 9.17) is 4.74 Å². The lowest BCUT2D eigenvalue weighted by atomic mass is 9.69. The molecule has 2 bridgehead atoms. The van der Waals surface area contributed by atoms with Crippen LogP contribution in [0.25, 0.3) is 0 Å². The monoisotopic (exact) mass is 252 g/mol. The van der Waals surface area contributed by atoms with E-state index in [0.717, 1.165) is 19.3 Å². The average Bonchev–Trinajstić information content (AvgIpc) is 2.43. The molecular formula is C15H24O3. The zero-order valence-electron chi connectivity index (χ0n) is 11.8. The number of rotatable bonds is 0. The van der Waals surface area contributed by atoms with Gasteiger partial charge in [-0.15, -0.1) is 0 Å². The maximum atomic E-state index is 10.6. The fourth-order valence-electron chi connectivity index (χ4n) is 4.22. The predicted octanol–water partition coefficient (Wildman–Crippen LogP) is 2.37. The number of ether oxygens (including phenoxy) is 1. The van der Waals surface area contributed by atoms with Crippen molar-refractivity contribution in [2.75, 3.05) is 0 Å². The summed E-state index contributed by atoms with van der Waals surface area (Å²) in [6.45, 7) is 8.33. The van der Waals surface area contributed by atoms with Crippen LogP contribution < -0.4 is 0 Å². The molecule has 0 amide bonds. The van der Waals surface area contributed by atoms with Gasteiger partial charge in [-0.25, -0.2) is 0 Å². The maximum Gasteiger partial charge on any atom is 0.199 e. The van der Waals surface area contributed by atoms with Crippen LogP contribution in [-0.2, 0) is 4.74 Å². The van der Waals surface area contributed by atoms with Gasteiger partial charge in [-0.05, 0) is 49.2 Å². The van der Waals surface area contributed by atoms with Crippen molar-refractivity contribution in [3.05, 3.63) is 11.6 Å². The molecule has 2 N–H and O–H groups in total. The van der Waals surface area contributed by atoms with Crippen LogP contribution in [0.15, 0.2) is 11.6 Å². The summed E-state index contributed by atoms with van der Waals surface area (Å²) in [7, 11) is 0. The summed E-state index contributed by atoms with van der Waals surface area (Å²) < 4.78 is 6.12. The molecule has 1 aliphatic carbocycles. The van der Waals surface area contributed by atoms with E-state index in [-0.39, 0.29) is 11.0 Å². The minimum atomic E-state index is -1.41. The van der Waals surface area contributed by atoms with Gasteiger partial charge in [0.1, 0.15) is 5.60 Å². The average molecular weight is 252 g/mol. The molecular weight excluding hydrogens is 228 g/mol. The lowest BCUT2D eigenvalue weighted by Crippen LogP contribution is -2.65. The molecule has 0 unspecified atom stereocenters. The minimum Gasteiger partial charge on any atom is -0.380 e. The molecule has 3 aliphatic rings. The van der Waals surface area contributed by atoms with Crippen LogP contribution in [0, 0.1) is 11.3 Å². The van der Waals surface area contributed by atoms with Crippen LogP contribution in [-0.4, -0.2) is 27.2 Å². The highest BCUT2D eigenvalue weighted by Crippen LogP contribution is 2.61. The molecule has 2 heterocycles. The van der Waals surface area contributed by atoms with Crippen LogP contribution in [0.5, 0.6) is 0 Å². The van der Waals surface area contributed by atoms with E-state index in [1.807, 2.05) is 6.08 Å². The zero-order chi connectivity index (χ0) is 13.4. The van der Waals surface area contributed by atoms with E-state index in [1.54, 1.807) is 6.92 Å². The fourth-order valence-corrected chi connectivity index (χ4v) is 4.22. The highest BCUT2D eigenvalue weighted by atomic mass is 16.7. The number of hydrogen-bond donors (Lipinski definition) is 2. The largest absolute Gasteiger partial charge is 0.380 e. The summed E-state index contributed by atoms with van der Waals surface area (Å²) in [4.78, 5) is 0. The Morgan fingerprint density at radius 1 is 1.28 bits per heavy atom. The Morgan fingerprint density at radius 2 is 1.94 bits per heavy atom. The lowest BCUT2D eigenvalue weighted by molar-refractivity contribution is -0.354. The van der Waals surface area contributed by atoms with E-state index < -0.39 is 11.4 Å². The van der Waals surface area contributed by atoms with E-state index in [2.05, 4.69) is 20.8 Å². The molecule has 3 heteroatoms. The van der Waals surface area contributed by atoms with Gasteiger partial charge in [-0.3, -0.25) is 0 Å². The lowest BCUT2D eigenvalue weighted by Gasteiger charge is -2.56. The van der Waals surface area contributed by atoms with Crippen molar-refractivity contribution in [3.63, 3.8) is 0 Å². The van der Waals surface area contributed by atoms with Gasteiger partial charge in [0.2, 0.25) is 0 Å². The summed E-state index contributed by atoms with van der Waals surface area (Å²) in [5, 5.41) is 21.1. The van der Waals surface area contributed by atoms with Crippen LogP contribution in [0.2, 0.25) is 0 Å². The second kappa shape index (κ2) is 3.20. The molecule has 3 nitrogen and oxygen atoms in total. The van der Waals surface area contributed by atoms with Crippen molar-refractivity contribution in [3.8, 4) is 0 Å². The second-order valence-corrected chi connectivity index (χ2v) is 7.55. The van der Waals surface area contributed by atoms with Crippen LogP contribution >= 0.6 is 0 Å². The first kappa shape index (κ1) is 12.6. The molecule has 1 spiro atoms. The highest BCUT2D eigenvalue weighted by molar-refractivity contribution is 5.35. The first-order chi connectivity index (χ1) is 8.10. The molecule has 0 aromatic carbocycles.